The van der Waals surface area contributed by atoms with E-state index in [2.05, 4.69) is 60.1 Å². The van der Waals surface area contributed by atoms with E-state index in [4.69, 9.17) is 0 Å². The van der Waals surface area contributed by atoms with Crippen molar-refractivity contribution < 1.29 is 0 Å². The number of allylic oxidation sites excluding steroid dienone is 4. The number of nitrogens with zero attached hydrogens (tertiary/aromatic N) is 1. The van der Waals surface area contributed by atoms with E-state index in [9.17, 15) is 0 Å². The highest BCUT2D eigenvalue weighted by Gasteiger charge is 2.28. The molecule has 0 saturated heterocycles. The lowest BCUT2D eigenvalue weighted by atomic mass is 10.2. The Kier molecular flexibility index (Phi) is 3.88. The summed E-state index contributed by atoms with van der Waals surface area (Å²) in [6.45, 7) is 8.03. The second kappa shape index (κ2) is 5.58. The standard InChI is InChI=1S/C16H20N2/c1-4-9-13(10-5-2)18-15-12-8-7-11-14(15)17-16(18)6-3/h4-5,7-12,16-17H,1,6H2,2-3H3/b10-5-,13-9+. The minimum absolute atomic E-state index is 0.310. The molecule has 1 aliphatic rings. The molecule has 0 fully saturated rings. The van der Waals surface area contributed by atoms with Crippen molar-refractivity contribution in [1.82, 2.24) is 0 Å². The van der Waals surface area contributed by atoms with Gasteiger partial charge in [-0.1, -0.05) is 37.8 Å². The smallest absolute Gasteiger partial charge is 0.104 e. The van der Waals surface area contributed by atoms with Crippen LogP contribution in [0.4, 0.5) is 11.4 Å². The summed E-state index contributed by atoms with van der Waals surface area (Å²) in [5.74, 6) is 0. The number of anilines is 2. The van der Waals surface area contributed by atoms with Gasteiger partial charge in [0.1, 0.15) is 6.17 Å². The van der Waals surface area contributed by atoms with Crippen molar-refractivity contribution in [3.63, 3.8) is 0 Å². The maximum Gasteiger partial charge on any atom is 0.104 e. The summed E-state index contributed by atoms with van der Waals surface area (Å²) in [5.41, 5.74) is 3.59. The van der Waals surface area contributed by atoms with E-state index >= 15 is 0 Å². The average molecular weight is 240 g/mol. The van der Waals surface area contributed by atoms with Crippen LogP contribution in [0.5, 0.6) is 0 Å². The molecule has 0 saturated carbocycles. The van der Waals surface area contributed by atoms with Gasteiger partial charge in [0.15, 0.2) is 0 Å². The van der Waals surface area contributed by atoms with Crippen LogP contribution < -0.4 is 10.2 Å². The highest BCUT2D eigenvalue weighted by Crippen LogP contribution is 2.38. The fraction of sp³-hybridized carbons (Fsp3) is 0.250. The van der Waals surface area contributed by atoms with Crippen LogP contribution in [0.3, 0.4) is 0 Å². The predicted octanol–water partition coefficient (Wildman–Crippen LogP) is 4.30. The molecule has 0 aliphatic carbocycles. The van der Waals surface area contributed by atoms with E-state index in [1.54, 1.807) is 0 Å². The molecule has 2 rings (SSSR count). The molecule has 18 heavy (non-hydrogen) atoms. The molecule has 0 spiro atoms. The third-order valence-corrected chi connectivity index (χ3v) is 3.09. The SMILES string of the molecule is C=C/C=C(\C=C/C)N1c2ccccc2NC1CC. The Morgan fingerprint density at radius 1 is 1.44 bits per heavy atom. The van der Waals surface area contributed by atoms with Crippen LogP contribution in [-0.2, 0) is 0 Å². The minimum Gasteiger partial charge on any atom is -0.363 e. The first-order chi connectivity index (χ1) is 8.81. The Hall–Kier alpha value is -1.96. The lowest BCUT2D eigenvalue weighted by Gasteiger charge is -2.27. The van der Waals surface area contributed by atoms with Crippen LogP contribution in [0.15, 0.2) is 60.8 Å². The lowest BCUT2D eigenvalue weighted by Crippen LogP contribution is -2.33. The molecule has 0 amide bonds. The van der Waals surface area contributed by atoms with Crippen molar-refractivity contribution in [1.29, 1.82) is 0 Å². The molecule has 0 bridgehead atoms. The zero-order valence-corrected chi connectivity index (χ0v) is 11.1. The molecule has 2 heteroatoms. The second-order valence-electron chi connectivity index (χ2n) is 4.28. The van der Waals surface area contributed by atoms with Gasteiger partial charge < -0.3 is 10.2 Å². The van der Waals surface area contributed by atoms with Crippen molar-refractivity contribution in [3.8, 4) is 0 Å². The number of para-hydroxylation sites is 2. The molecular formula is C16H20N2. The van der Waals surface area contributed by atoms with Crippen LogP contribution in [0, 0.1) is 0 Å². The van der Waals surface area contributed by atoms with E-state index < -0.39 is 0 Å². The first-order valence-corrected chi connectivity index (χ1v) is 6.42. The molecule has 1 aromatic carbocycles. The Labute approximate surface area is 109 Å². The summed E-state index contributed by atoms with van der Waals surface area (Å²) >= 11 is 0. The fourth-order valence-electron chi connectivity index (χ4n) is 2.33. The van der Waals surface area contributed by atoms with E-state index in [1.807, 2.05) is 19.1 Å². The summed E-state index contributed by atoms with van der Waals surface area (Å²) in [6, 6.07) is 8.42. The lowest BCUT2D eigenvalue weighted by molar-refractivity contribution is 0.711. The van der Waals surface area contributed by atoms with Gasteiger partial charge in [0.05, 0.1) is 11.4 Å². The van der Waals surface area contributed by atoms with Crippen LogP contribution >= 0.6 is 0 Å². The summed E-state index contributed by atoms with van der Waals surface area (Å²) in [4.78, 5) is 2.33. The summed E-state index contributed by atoms with van der Waals surface area (Å²) in [5, 5.41) is 3.55. The molecule has 0 radical (unpaired) electrons. The summed E-state index contributed by atoms with van der Waals surface area (Å²) in [7, 11) is 0. The molecule has 1 aliphatic heterocycles. The zero-order valence-electron chi connectivity index (χ0n) is 11.1. The molecule has 1 heterocycles. The van der Waals surface area contributed by atoms with Gasteiger partial charge in [0.2, 0.25) is 0 Å². The number of hydrogen-bond donors (Lipinski definition) is 1. The monoisotopic (exact) mass is 240 g/mol. The second-order valence-corrected chi connectivity index (χ2v) is 4.28. The number of nitrogens with one attached hydrogen (secondary N) is 1. The molecule has 1 N–H and O–H groups in total. The van der Waals surface area contributed by atoms with Gasteiger partial charge in [-0.05, 0) is 37.6 Å². The fourth-order valence-corrected chi connectivity index (χ4v) is 2.33. The van der Waals surface area contributed by atoms with E-state index in [1.165, 1.54) is 11.4 Å². The summed E-state index contributed by atoms with van der Waals surface area (Å²) in [6.07, 6.45) is 9.41. The molecular weight excluding hydrogens is 220 g/mol. The predicted molar refractivity (Wildman–Crippen MR) is 79.7 cm³/mol. The van der Waals surface area contributed by atoms with Gasteiger partial charge in [-0.15, -0.1) is 0 Å². The largest absolute Gasteiger partial charge is 0.363 e. The topological polar surface area (TPSA) is 15.3 Å². The highest BCUT2D eigenvalue weighted by atomic mass is 15.3. The van der Waals surface area contributed by atoms with Gasteiger partial charge in [-0.3, -0.25) is 0 Å². The third-order valence-electron chi connectivity index (χ3n) is 3.09. The Bertz CT molecular complexity index is 486. The molecule has 1 unspecified atom stereocenters. The maximum absolute atomic E-state index is 3.80. The van der Waals surface area contributed by atoms with Crippen molar-refractivity contribution in [2.45, 2.75) is 26.4 Å². The van der Waals surface area contributed by atoms with Crippen molar-refractivity contribution >= 4 is 11.4 Å². The quantitative estimate of drug-likeness (QED) is 0.789. The van der Waals surface area contributed by atoms with Crippen molar-refractivity contribution in [2.24, 2.45) is 0 Å². The highest BCUT2D eigenvalue weighted by molar-refractivity contribution is 5.79. The van der Waals surface area contributed by atoms with Gasteiger partial charge in [-0.2, -0.15) is 0 Å². The summed E-state index contributed by atoms with van der Waals surface area (Å²) < 4.78 is 0. The van der Waals surface area contributed by atoms with Crippen molar-refractivity contribution in [3.05, 3.63) is 60.8 Å². The van der Waals surface area contributed by atoms with Gasteiger partial charge in [0.25, 0.3) is 0 Å². The molecule has 94 valence electrons. The maximum atomic E-state index is 3.80. The molecule has 1 atom stereocenters. The van der Waals surface area contributed by atoms with Crippen LogP contribution in [0.1, 0.15) is 20.3 Å². The first kappa shape index (κ1) is 12.5. The molecule has 0 aromatic heterocycles. The Balaban J connectivity index is 2.45. The minimum atomic E-state index is 0.310. The average Bonchev–Trinajstić information content (AvgIpc) is 2.76. The number of rotatable bonds is 4. The molecule has 2 nitrogen and oxygen atoms in total. The third kappa shape index (κ3) is 2.19. The zero-order chi connectivity index (χ0) is 13.0. The number of fused-ring (bicyclic) bond motifs is 1. The number of benzene rings is 1. The number of hydrogen-bond acceptors (Lipinski definition) is 2. The molecule has 1 aromatic rings. The van der Waals surface area contributed by atoms with Gasteiger partial charge in [-0.25, -0.2) is 0 Å². The van der Waals surface area contributed by atoms with Gasteiger partial charge in [0, 0.05) is 5.70 Å². The first-order valence-electron chi connectivity index (χ1n) is 6.42. The van der Waals surface area contributed by atoms with Crippen LogP contribution in [-0.4, -0.2) is 6.17 Å². The van der Waals surface area contributed by atoms with Gasteiger partial charge >= 0.3 is 0 Å². The van der Waals surface area contributed by atoms with Crippen LogP contribution in [0.2, 0.25) is 0 Å². The van der Waals surface area contributed by atoms with Crippen molar-refractivity contribution in [2.75, 3.05) is 10.2 Å². The van der Waals surface area contributed by atoms with E-state index in [0.29, 0.717) is 6.17 Å². The van der Waals surface area contributed by atoms with E-state index in [0.717, 1.165) is 12.1 Å². The Morgan fingerprint density at radius 3 is 2.89 bits per heavy atom. The Morgan fingerprint density at radius 2 is 2.22 bits per heavy atom. The normalized spacial score (nSPS) is 18.9. The van der Waals surface area contributed by atoms with Crippen LogP contribution in [0.25, 0.3) is 0 Å². The van der Waals surface area contributed by atoms with E-state index in [-0.39, 0.29) is 0 Å².